The Kier molecular flexibility index (Phi) is 10.9. The van der Waals surface area contributed by atoms with Gasteiger partial charge in [-0.2, -0.15) is 0 Å². The highest BCUT2D eigenvalue weighted by Gasteiger charge is 2.08. The van der Waals surface area contributed by atoms with Gasteiger partial charge in [0.25, 0.3) is 0 Å². The summed E-state index contributed by atoms with van der Waals surface area (Å²) in [5.74, 6) is -2.07. The van der Waals surface area contributed by atoms with Crippen molar-refractivity contribution in [3.8, 4) is 11.5 Å². The molecule has 0 unspecified atom stereocenters. The molecule has 0 aliphatic heterocycles. The van der Waals surface area contributed by atoms with Crippen molar-refractivity contribution in [3.63, 3.8) is 0 Å². The van der Waals surface area contributed by atoms with Gasteiger partial charge in [-0.05, 0) is 43.3 Å². The molecule has 2 aromatic carbocycles. The van der Waals surface area contributed by atoms with Gasteiger partial charge in [-0.25, -0.2) is 9.59 Å². The molecule has 0 amide bonds. The zero-order valence-electron chi connectivity index (χ0n) is 17.1. The van der Waals surface area contributed by atoms with Crippen molar-refractivity contribution in [1.82, 2.24) is 4.90 Å². The van der Waals surface area contributed by atoms with Gasteiger partial charge in [-0.15, -0.1) is 0 Å². The number of carboxylic acids is 2. The van der Waals surface area contributed by atoms with E-state index in [0.29, 0.717) is 6.61 Å². The molecule has 0 aliphatic rings. The van der Waals surface area contributed by atoms with Crippen LogP contribution in [0.25, 0.3) is 0 Å². The normalized spacial score (nSPS) is 10.1. The quantitative estimate of drug-likeness (QED) is 0.617. The summed E-state index contributed by atoms with van der Waals surface area (Å²) in [5, 5.41) is 14.8. The lowest BCUT2D eigenvalue weighted by molar-refractivity contribution is -0.159. The molecule has 2 N–H and O–H groups in total. The molecule has 7 heteroatoms. The molecule has 0 bridgehead atoms. The molecule has 0 saturated heterocycles. The Hall–Kier alpha value is -3.06. The van der Waals surface area contributed by atoms with Crippen molar-refractivity contribution in [3.05, 3.63) is 59.7 Å². The number of ether oxygens (including phenoxy) is 2. The average Bonchev–Trinajstić information content (AvgIpc) is 2.72. The van der Waals surface area contributed by atoms with Gasteiger partial charge in [0.15, 0.2) is 11.5 Å². The third kappa shape index (κ3) is 9.62. The molecule has 0 aliphatic carbocycles. The van der Waals surface area contributed by atoms with Crippen LogP contribution in [0.3, 0.4) is 0 Å². The van der Waals surface area contributed by atoms with Gasteiger partial charge in [0.05, 0.1) is 7.11 Å². The smallest absolute Gasteiger partial charge is 0.414 e. The molecular weight excluding hydrogens is 374 g/mol. The molecular formula is C22H29NO6. The number of aliphatic carboxylic acids is 2. The van der Waals surface area contributed by atoms with E-state index < -0.39 is 11.9 Å². The van der Waals surface area contributed by atoms with Crippen LogP contribution >= 0.6 is 0 Å². The Morgan fingerprint density at radius 1 is 0.966 bits per heavy atom. The second kappa shape index (κ2) is 13.2. The number of rotatable bonds is 9. The van der Waals surface area contributed by atoms with Crippen LogP contribution in [0.15, 0.2) is 48.5 Å². The van der Waals surface area contributed by atoms with Crippen LogP contribution in [0.2, 0.25) is 0 Å². The van der Waals surface area contributed by atoms with Crippen molar-refractivity contribution in [2.45, 2.75) is 32.9 Å². The van der Waals surface area contributed by atoms with Gasteiger partial charge in [0.1, 0.15) is 6.61 Å². The zero-order valence-corrected chi connectivity index (χ0v) is 17.1. The maximum absolute atomic E-state index is 9.10. The first-order valence-electron chi connectivity index (χ1n) is 9.35. The van der Waals surface area contributed by atoms with E-state index in [2.05, 4.69) is 43.1 Å². The second-order valence-corrected chi connectivity index (χ2v) is 6.46. The van der Waals surface area contributed by atoms with Crippen molar-refractivity contribution < 1.29 is 29.3 Å². The van der Waals surface area contributed by atoms with Crippen LogP contribution in [-0.2, 0) is 22.7 Å². The lowest BCUT2D eigenvalue weighted by Gasteiger charge is -2.18. The Balaban J connectivity index is 0.000000612. The summed E-state index contributed by atoms with van der Waals surface area (Å²) in [5.41, 5.74) is 2.39. The van der Waals surface area contributed by atoms with Crippen molar-refractivity contribution in [2.75, 3.05) is 20.7 Å². The summed E-state index contributed by atoms with van der Waals surface area (Å²) in [4.78, 5) is 20.5. The number of carboxylic acid groups (broad SMARTS) is 2. The highest BCUT2D eigenvalue weighted by atomic mass is 16.5. The van der Waals surface area contributed by atoms with Crippen LogP contribution in [0, 0.1) is 0 Å². The maximum Gasteiger partial charge on any atom is 0.414 e. The molecule has 29 heavy (non-hydrogen) atoms. The van der Waals surface area contributed by atoms with Gasteiger partial charge in [-0.1, -0.05) is 49.7 Å². The van der Waals surface area contributed by atoms with Gasteiger partial charge < -0.3 is 24.6 Å². The Morgan fingerprint density at radius 3 is 2.17 bits per heavy atom. The minimum atomic E-state index is -1.82. The number of hydrogen-bond acceptors (Lipinski definition) is 5. The van der Waals surface area contributed by atoms with Crippen molar-refractivity contribution in [1.29, 1.82) is 0 Å². The average molecular weight is 403 g/mol. The zero-order chi connectivity index (χ0) is 21.6. The number of methoxy groups -OCH3 is 1. The van der Waals surface area contributed by atoms with Crippen molar-refractivity contribution >= 4 is 11.9 Å². The van der Waals surface area contributed by atoms with E-state index in [-0.39, 0.29) is 0 Å². The molecule has 2 rings (SSSR count). The standard InChI is InChI=1S/C20H27NO2.C2H2O4/c1-4-5-13-21(2)15-18-11-12-19(20(14-18)22-3)23-16-17-9-7-6-8-10-17;3-1(4)2(5)6/h6-12,14H,4-5,13,15-16H2,1-3H3;(H,3,4)(H,5,6). The number of benzene rings is 2. The highest BCUT2D eigenvalue weighted by molar-refractivity contribution is 6.27. The highest BCUT2D eigenvalue weighted by Crippen LogP contribution is 2.29. The lowest BCUT2D eigenvalue weighted by atomic mass is 10.2. The molecule has 7 nitrogen and oxygen atoms in total. The first-order valence-corrected chi connectivity index (χ1v) is 9.35. The number of nitrogens with zero attached hydrogens (tertiary/aromatic N) is 1. The largest absolute Gasteiger partial charge is 0.493 e. The fraction of sp³-hybridized carbons (Fsp3) is 0.364. The van der Waals surface area contributed by atoms with Gasteiger partial charge in [-0.3, -0.25) is 0 Å². The van der Waals surface area contributed by atoms with E-state index in [4.69, 9.17) is 29.3 Å². The lowest BCUT2D eigenvalue weighted by Crippen LogP contribution is -2.18. The third-order valence-corrected chi connectivity index (χ3v) is 3.99. The monoisotopic (exact) mass is 403 g/mol. The molecule has 0 fully saturated rings. The maximum atomic E-state index is 9.10. The topological polar surface area (TPSA) is 96.3 Å². The predicted molar refractivity (Wildman–Crippen MR) is 110 cm³/mol. The van der Waals surface area contributed by atoms with E-state index in [1.54, 1.807) is 7.11 Å². The Morgan fingerprint density at radius 2 is 1.62 bits per heavy atom. The van der Waals surface area contributed by atoms with E-state index in [0.717, 1.165) is 30.2 Å². The Labute approximate surface area is 171 Å². The summed E-state index contributed by atoms with van der Waals surface area (Å²) in [6.07, 6.45) is 2.45. The molecule has 0 radical (unpaired) electrons. The summed E-state index contributed by atoms with van der Waals surface area (Å²) < 4.78 is 11.4. The summed E-state index contributed by atoms with van der Waals surface area (Å²) in [6.45, 7) is 4.81. The van der Waals surface area contributed by atoms with Crippen LogP contribution in [0.5, 0.6) is 11.5 Å². The predicted octanol–water partition coefficient (Wildman–Crippen LogP) is 3.66. The van der Waals surface area contributed by atoms with Crippen molar-refractivity contribution in [2.24, 2.45) is 0 Å². The molecule has 0 aromatic heterocycles. The van der Waals surface area contributed by atoms with Gasteiger partial charge >= 0.3 is 11.9 Å². The second-order valence-electron chi connectivity index (χ2n) is 6.46. The van der Waals surface area contributed by atoms with Crippen LogP contribution in [0.1, 0.15) is 30.9 Å². The Bertz CT molecular complexity index is 751. The number of unbranched alkanes of at least 4 members (excludes halogenated alkanes) is 1. The van der Waals surface area contributed by atoms with E-state index in [1.807, 2.05) is 24.3 Å². The molecule has 0 spiro atoms. The first-order chi connectivity index (χ1) is 13.9. The van der Waals surface area contributed by atoms with E-state index in [9.17, 15) is 0 Å². The minimum Gasteiger partial charge on any atom is -0.493 e. The van der Waals surface area contributed by atoms with Gasteiger partial charge in [0, 0.05) is 6.54 Å². The molecule has 0 atom stereocenters. The first kappa shape index (κ1) is 24.0. The molecule has 0 heterocycles. The molecule has 2 aromatic rings. The van der Waals surface area contributed by atoms with Crippen LogP contribution in [0.4, 0.5) is 0 Å². The summed E-state index contributed by atoms with van der Waals surface area (Å²) >= 11 is 0. The fourth-order valence-corrected chi connectivity index (χ4v) is 2.48. The minimum absolute atomic E-state index is 0.549. The number of hydrogen-bond donors (Lipinski definition) is 2. The van der Waals surface area contributed by atoms with Crippen LogP contribution in [-0.4, -0.2) is 47.8 Å². The molecule has 0 saturated carbocycles. The SMILES string of the molecule is CCCCN(C)Cc1ccc(OCc2ccccc2)c(OC)c1.O=C(O)C(=O)O. The molecule has 158 valence electrons. The third-order valence-electron chi connectivity index (χ3n) is 3.99. The summed E-state index contributed by atoms with van der Waals surface area (Å²) in [6, 6.07) is 16.4. The summed E-state index contributed by atoms with van der Waals surface area (Å²) in [7, 11) is 3.84. The van der Waals surface area contributed by atoms with Gasteiger partial charge in [0.2, 0.25) is 0 Å². The number of carbonyl (C=O) groups is 2. The fourth-order valence-electron chi connectivity index (χ4n) is 2.48. The van der Waals surface area contributed by atoms with Crippen LogP contribution < -0.4 is 9.47 Å². The van der Waals surface area contributed by atoms with E-state index in [1.165, 1.54) is 18.4 Å². The van der Waals surface area contributed by atoms with E-state index >= 15 is 0 Å².